The van der Waals surface area contributed by atoms with Crippen LogP contribution < -0.4 is 0 Å². The molecule has 330 valence electrons. The van der Waals surface area contributed by atoms with Gasteiger partial charge in [-0.05, 0) is 70.6 Å². The summed E-state index contributed by atoms with van der Waals surface area (Å²) in [6, 6.07) is 0. The predicted octanol–water partition coefficient (Wildman–Crippen LogP) is 9.67. The standard InChI is InChI=1S/C47H82O10/c1-3-5-7-9-11-13-15-17-19-20-22-23-25-27-29-31-33-35-42(49)54-38-40(39-55-47-46(53)45(52)44(51)41(37-48)57-47)56-43(50)36-34-32-30-28-26-24-21-18-16-14-12-10-8-6-4-2/h10-13,17,19,22-23,40-41,44-48,51-53H,3-9,14-16,18,20-21,24-39H2,1-2H3/b12-10+,13-11+,19-17+,23-22+/t40-,41-,44+,45?,46?,47-/m0/s1. The molecule has 0 aromatic rings. The van der Waals surface area contributed by atoms with Gasteiger partial charge in [-0.15, -0.1) is 0 Å². The quantitative estimate of drug-likeness (QED) is 0.0271. The van der Waals surface area contributed by atoms with E-state index in [1.807, 2.05) is 0 Å². The van der Waals surface area contributed by atoms with Crippen LogP contribution in [-0.4, -0.2) is 89.0 Å². The van der Waals surface area contributed by atoms with Crippen LogP contribution in [0.2, 0.25) is 0 Å². The van der Waals surface area contributed by atoms with E-state index in [4.69, 9.17) is 18.9 Å². The van der Waals surface area contributed by atoms with Gasteiger partial charge in [0.25, 0.3) is 0 Å². The Hall–Kier alpha value is -2.34. The zero-order valence-corrected chi connectivity index (χ0v) is 35.8. The Morgan fingerprint density at radius 1 is 0.544 bits per heavy atom. The number of rotatable bonds is 37. The van der Waals surface area contributed by atoms with E-state index in [9.17, 15) is 30.0 Å². The average Bonchev–Trinajstić information content (AvgIpc) is 3.21. The fourth-order valence-electron chi connectivity index (χ4n) is 6.53. The Morgan fingerprint density at radius 2 is 1.00 bits per heavy atom. The molecule has 6 atom stereocenters. The molecule has 10 nitrogen and oxygen atoms in total. The molecular formula is C47H82O10. The normalized spacial score (nSPS) is 20.7. The third kappa shape index (κ3) is 29.5. The first-order chi connectivity index (χ1) is 27.8. The average molecular weight is 807 g/mol. The highest BCUT2D eigenvalue weighted by molar-refractivity contribution is 5.70. The fraction of sp³-hybridized carbons (Fsp3) is 0.787. The van der Waals surface area contributed by atoms with Gasteiger partial charge in [0.15, 0.2) is 12.4 Å². The lowest BCUT2D eigenvalue weighted by atomic mass is 9.99. The van der Waals surface area contributed by atoms with Crippen molar-refractivity contribution in [2.24, 2.45) is 0 Å². The summed E-state index contributed by atoms with van der Waals surface area (Å²) >= 11 is 0. The van der Waals surface area contributed by atoms with Crippen LogP contribution >= 0.6 is 0 Å². The van der Waals surface area contributed by atoms with Crippen molar-refractivity contribution in [3.63, 3.8) is 0 Å². The van der Waals surface area contributed by atoms with E-state index >= 15 is 0 Å². The van der Waals surface area contributed by atoms with E-state index in [-0.39, 0.29) is 26.1 Å². The summed E-state index contributed by atoms with van der Waals surface area (Å²) < 4.78 is 22.1. The van der Waals surface area contributed by atoms with Crippen LogP contribution in [-0.2, 0) is 28.5 Å². The predicted molar refractivity (Wildman–Crippen MR) is 229 cm³/mol. The Morgan fingerprint density at radius 3 is 1.54 bits per heavy atom. The number of esters is 2. The number of hydrogen-bond acceptors (Lipinski definition) is 10. The van der Waals surface area contributed by atoms with Gasteiger partial charge in [-0.1, -0.05) is 146 Å². The maximum absolute atomic E-state index is 12.8. The van der Waals surface area contributed by atoms with Gasteiger partial charge in [0.05, 0.1) is 13.2 Å². The molecule has 0 radical (unpaired) electrons. The monoisotopic (exact) mass is 807 g/mol. The summed E-state index contributed by atoms with van der Waals surface area (Å²) in [5, 5.41) is 40.1. The summed E-state index contributed by atoms with van der Waals surface area (Å²) in [6.07, 6.45) is 36.8. The number of unbranched alkanes of at least 4 members (excludes halogenated alkanes) is 18. The Bertz CT molecular complexity index is 1070. The van der Waals surface area contributed by atoms with Crippen LogP contribution in [0.25, 0.3) is 0 Å². The van der Waals surface area contributed by atoms with Gasteiger partial charge in [0, 0.05) is 12.8 Å². The number of aliphatic hydroxyl groups excluding tert-OH is 4. The molecule has 0 saturated carbocycles. The number of carbonyl (C=O) groups is 2. The van der Waals surface area contributed by atoms with Crippen molar-refractivity contribution >= 4 is 11.9 Å². The van der Waals surface area contributed by atoms with Crippen LogP contribution in [0.15, 0.2) is 48.6 Å². The third-order valence-electron chi connectivity index (χ3n) is 10.2. The highest BCUT2D eigenvalue weighted by Gasteiger charge is 2.44. The molecule has 1 saturated heterocycles. The lowest BCUT2D eigenvalue weighted by molar-refractivity contribution is -0.305. The van der Waals surface area contributed by atoms with Crippen LogP contribution in [0, 0.1) is 0 Å². The van der Waals surface area contributed by atoms with E-state index < -0.39 is 55.4 Å². The van der Waals surface area contributed by atoms with Crippen molar-refractivity contribution in [2.45, 2.75) is 218 Å². The molecule has 0 spiro atoms. The molecule has 1 rings (SSSR count). The summed E-state index contributed by atoms with van der Waals surface area (Å²) in [5.41, 5.74) is 0. The highest BCUT2D eigenvalue weighted by atomic mass is 16.7. The van der Waals surface area contributed by atoms with Crippen molar-refractivity contribution in [1.29, 1.82) is 0 Å². The number of ether oxygens (including phenoxy) is 4. The van der Waals surface area contributed by atoms with Gasteiger partial charge >= 0.3 is 11.9 Å². The van der Waals surface area contributed by atoms with Crippen molar-refractivity contribution < 1.29 is 49.0 Å². The fourth-order valence-corrected chi connectivity index (χ4v) is 6.53. The minimum Gasteiger partial charge on any atom is -0.462 e. The molecule has 2 unspecified atom stereocenters. The highest BCUT2D eigenvalue weighted by Crippen LogP contribution is 2.22. The smallest absolute Gasteiger partial charge is 0.306 e. The second-order valence-electron chi connectivity index (χ2n) is 15.5. The summed E-state index contributed by atoms with van der Waals surface area (Å²) in [5.74, 6) is -0.835. The minimum atomic E-state index is -1.60. The van der Waals surface area contributed by atoms with Gasteiger partial charge in [0.2, 0.25) is 0 Å². The molecule has 0 bridgehead atoms. The van der Waals surface area contributed by atoms with E-state index in [0.29, 0.717) is 12.8 Å². The molecule has 0 aromatic heterocycles. The van der Waals surface area contributed by atoms with Crippen LogP contribution in [0.3, 0.4) is 0 Å². The molecule has 1 heterocycles. The van der Waals surface area contributed by atoms with E-state index in [1.165, 1.54) is 83.5 Å². The van der Waals surface area contributed by atoms with Gasteiger partial charge in [-0.3, -0.25) is 9.59 Å². The summed E-state index contributed by atoms with van der Waals surface area (Å²) in [6.45, 7) is 3.34. The van der Waals surface area contributed by atoms with Gasteiger partial charge in [-0.2, -0.15) is 0 Å². The largest absolute Gasteiger partial charge is 0.462 e. The molecule has 0 aromatic carbocycles. The SMILES string of the molecule is CCCC/C=C/CCCCCCCCCCCC(=O)O[C@@H](COC(=O)CCCCCC/C=C/C/C=C/C/C=C/CCCCC)CO[C@H]1O[C@@H](CO)[C@@H](O)C(O)C1O. The van der Waals surface area contributed by atoms with E-state index in [0.717, 1.165) is 57.8 Å². The zero-order valence-electron chi connectivity index (χ0n) is 35.8. The Balaban J connectivity index is 2.35. The Labute approximate surface area is 346 Å². The van der Waals surface area contributed by atoms with Crippen LogP contribution in [0.4, 0.5) is 0 Å². The van der Waals surface area contributed by atoms with Crippen molar-refractivity contribution in [1.82, 2.24) is 0 Å². The molecular weight excluding hydrogens is 725 g/mol. The van der Waals surface area contributed by atoms with Crippen molar-refractivity contribution in [2.75, 3.05) is 19.8 Å². The first-order valence-electron chi connectivity index (χ1n) is 22.7. The van der Waals surface area contributed by atoms with Gasteiger partial charge in [0.1, 0.15) is 31.0 Å². The molecule has 4 N–H and O–H groups in total. The Kier molecular flexibility index (Phi) is 35.0. The molecule has 10 heteroatoms. The second-order valence-corrected chi connectivity index (χ2v) is 15.5. The van der Waals surface area contributed by atoms with E-state index in [2.05, 4.69) is 62.5 Å². The zero-order chi connectivity index (χ0) is 41.6. The van der Waals surface area contributed by atoms with Gasteiger partial charge < -0.3 is 39.4 Å². The van der Waals surface area contributed by atoms with Crippen molar-refractivity contribution in [3.8, 4) is 0 Å². The van der Waals surface area contributed by atoms with Gasteiger partial charge in [-0.25, -0.2) is 0 Å². The van der Waals surface area contributed by atoms with Crippen LogP contribution in [0.1, 0.15) is 181 Å². The third-order valence-corrected chi connectivity index (χ3v) is 10.2. The first kappa shape index (κ1) is 52.7. The lowest BCUT2D eigenvalue weighted by Crippen LogP contribution is -2.59. The maximum atomic E-state index is 12.8. The molecule has 1 fully saturated rings. The number of carbonyl (C=O) groups excluding carboxylic acids is 2. The molecule has 0 amide bonds. The lowest BCUT2D eigenvalue weighted by Gasteiger charge is -2.39. The summed E-state index contributed by atoms with van der Waals surface area (Å²) in [7, 11) is 0. The summed E-state index contributed by atoms with van der Waals surface area (Å²) in [4.78, 5) is 25.3. The molecule has 57 heavy (non-hydrogen) atoms. The second kappa shape index (κ2) is 37.9. The molecule has 1 aliphatic heterocycles. The number of aliphatic hydroxyl groups is 4. The molecule has 0 aliphatic carbocycles. The minimum absolute atomic E-state index is 0.221. The van der Waals surface area contributed by atoms with Crippen LogP contribution in [0.5, 0.6) is 0 Å². The topological polar surface area (TPSA) is 152 Å². The first-order valence-corrected chi connectivity index (χ1v) is 22.7. The number of hydrogen-bond donors (Lipinski definition) is 4. The maximum Gasteiger partial charge on any atom is 0.306 e. The van der Waals surface area contributed by atoms with Crippen molar-refractivity contribution in [3.05, 3.63) is 48.6 Å². The van der Waals surface area contributed by atoms with E-state index in [1.54, 1.807) is 0 Å². The number of allylic oxidation sites excluding steroid dienone is 8. The molecule has 1 aliphatic rings.